The summed E-state index contributed by atoms with van der Waals surface area (Å²) in [5, 5.41) is 24.0. The van der Waals surface area contributed by atoms with Crippen molar-refractivity contribution in [2.75, 3.05) is 19.6 Å². The van der Waals surface area contributed by atoms with Gasteiger partial charge in [-0.05, 0) is 42.2 Å². The predicted molar refractivity (Wildman–Crippen MR) is 125 cm³/mol. The van der Waals surface area contributed by atoms with Crippen LogP contribution in [0.4, 0.5) is 8.78 Å². The molecule has 0 radical (unpaired) electrons. The van der Waals surface area contributed by atoms with Crippen molar-refractivity contribution in [2.45, 2.75) is 31.6 Å². The summed E-state index contributed by atoms with van der Waals surface area (Å²) in [6.07, 6.45) is 1.66. The fourth-order valence-corrected chi connectivity index (χ4v) is 4.36. The number of halogens is 3. The number of aromatic amines is 1. The van der Waals surface area contributed by atoms with Gasteiger partial charge in [-0.1, -0.05) is 35.9 Å². The van der Waals surface area contributed by atoms with Crippen LogP contribution in [-0.4, -0.2) is 63.2 Å². The summed E-state index contributed by atoms with van der Waals surface area (Å²) in [6.45, 7) is 1.30. The smallest absolute Gasteiger partial charge is 0.307 e. The van der Waals surface area contributed by atoms with Gasteiger partial charge < -0.3 is 10.4 Å². The molecule has 2 heterocycles. The molecule has 10 heteroatoms. The fraction of sp³-hybridized carbons (Fsp3) is 0.375. The molecule has 0 bridgehead atoms. The van der Waals surface area contributed by atoms with E-state index in [1.807, 2.05) is 29.2 Å². The molecule has 0 aliphatic carbocycles. The molecular weight excluding hydrogens is 464 g/mol. The number of carboxylic acids is 1. The Morgan fingerprint density at radius 3 is 2.68 bits per heavy atom. The van der Waals surface area contributed by atoms with E-state index in [0.717, 1.165) is 5.56 Å². The van der Waals surface area contributed by atoms with E-state index >= 15 is 0 Å². The van der Waals surface area contributed by atoms with Gasteiger partial charge in [-0.25, -0.2) is 8.78 Å². The second-order valence-corrected chi connectivity index (χ2v) is 9.09. The van der Waals surface area contributed by atoms with Gasteiger partial charge in [0, 0.05) is 42.8 Å². The molecular formula is C24H26ClF2N5O2. The van der Waals surface area contributed by atoms with Crippen LogP contribution in [0, 0.1) is 11.7 Å². The van der Waals surface area contributed by atoms with E-state index in [-0.39, 0.29) is 24.9 Å². The topological polar surface area (TPSA) is 94.1 Å². The van der Waals surface area contributed by atoms with Gasteiger partial charge in [0.15, 0.2) is 0 Å². The number of rotatable bonds is 11. The summed E-state index contributed by atoms with van der Waals surface area (Å²) in [5.41, 5.74) is 2.82. The minimum absolute atomic E-state index is 0.172. The van der Waals surface area contributed by atoms with Crippen LogP contribution < -0.4 is 5.32 Å². The maximum absolute atomic E-state index is 14.2. The first-order chi connectivity index (χ1) is 16.4. The summed E-state index contributed by atoms with van der Waals surface area (Å²) in [6, 6.07) is 11.7. The Morgan fingerprint density at radius 1 is 1.26 bits per heavy atom. The molecule has 0 unspecified atom stereocenters. The molecule has 1 saturated heterocycles. The number of hydrogen-bond donors (Lipinski definition) is 3. The van der Waals surface area contributed by atoms with Crippen LogP contribution in [0.5, 0.6) is 0 Å². The first-order valence-corrected chi connectivity index (χ1v) is 11.5. The Hall–Kier alpha value is -2.88. The monoisotopic (exact) mass is 489 g/mol. The zero-order valence-corrected chi connectivity index (χ0v) is 19.2. The van der Waals surface area contributed by atoms with Crippen molar-refractivity contribution in [3.63, 3.8) is 0 Å². The third-order valence-corrected chi connectivity index (χ3v) is 6.26. The third-order valence-electron chi connectivity index (χ3n) is 6.02. The minimum atomic E-state index is -0.901. The van der Waals surface area contributed by atoms with Crippen molar-refractivity contribution in [1.82, 2.24) is 25.6 Å². The average molecular weight is 490 g/mol. The summed E-state index contributed by atoms with van der Waals surface area (Å²) in [5.74, 6) is -1.89. The van der Waals surface area contributed by atoms with Gasteiger partial charge in [0.25, 0.3) is 0 Å². The second kappa shape index (κ2) is 11.0. The Kier molecular flexibility index (Phi) is 7.87. The van der Waals surface area contributed by atoms with Crippen LogP contribution >= 0.6 is 11.6 Å². The van der Waals surface area contributed by atoms with Gasteiger partial charge in [0.05, 0.1) is 17.8 Å². The number of H-pyrrole nitrogens is 1. The molecule has 3 N–H and O–H groups in total. The highest BCUT2D eigenvalue weighted by atomic mass is 35.5. The Labute approximate surface area is 201 Å². The molecule has 0 spiro atoms. The highest BCUT2D eigenvalue weighted by Gasteiger charge is 2.32. The van der Waals surface area contributed by atoms with E-state index < -0.39 is 18.1 Å². The molecule has 0 saturated carbocycles. The van der Waals surface area contributed by atoms with Crippen LogP contribution in [0.1, 0.15) is 17.7 Å². The van der Waals surface area contributed by atoms with Crippen molar-refractivity contribution in [2.24, 2.45) is 5.92 Å². The highest BCUT2D eigenvalue weighted by Crippen LogP contribution is 2.27. The van der Waals surface area contributed by atoms with Gasteiger partial charge in [-0.3, -0.25) is 9.69 Å². The molecule has 180 valence electrons. The molecule has 3 aromatic rings. The second-order valence-electron chi connectivity index (χ2n) is 8.65. The summed E-state index contributed by atoms with van der Waals surface area (Å²) >= 11 is 6.02. The van der Waals surface area contributed by atoms with E-state index in [0.29, 0.717) is 47.8 Å². The SMILES string of the molecule is O=C(O)[C@@H](C[C@@H](Cc1ccc(-c2cc(Cl)ccc2F)cc1)NCc1cn[nH]n1)CN1CC(F)C1. The van der Waals surface area contributed by atoms with Crippen molar-refractivity contribution in [3.8, 4) is 11.1 Å². The average Bonchev–Trinajstić information content (AvgIpc) is 3.31. The van der Waals surface area contributed by atoms with E-state index in [1.54, 1.807) is 12.3 Å². The standard InChI is InChI=1S/C24H26ClF2N5O2/c25-18-5-6-23(27)22(9-18)16-3-1-15(2-4-16)7-20(28-10-21-11-29-31-30-21)8-17(24(33)34)12-32-13-19(26)14-32/h1-6,9,11,17,19-20,28H,7-8,10,12-14H2,(H,33,34)(H,29,30,31)/t17-,20+/m0/s1. The zero-order chi connectivity index (χ0) is 24.1. The van der Waals surface area contributed by atoms with Gasteiger partial charge in [0.1, 0.15) is 12.0 Å². The van der Waals surface area contributed by atoms with Crippen LogP contribution in [0.15, 0.2) is 48.7 Å². The number of nitrogens with zero attached hydrogens (tertiary/aromatic N) is 3. The lowest BCUT2D eigenvalue weighted by Crippen LogP contribution is -2.51. The quantitative estimate of drug-likeness (QED) is 0.380. The van der Waals surface area contributed by atoms with Gasteiger partial charge in [0.2, 0.25) is 0 Å². The third kappa shape index (κ3) is 6.37. The number of alkyl halides is 1. The van der Waals surface area contributed by atoms with Crippen LogP contribution in [0.2, 0.25) is 5.02 Å². The molecule has 34 heavy (non-hydrogen) atoms. The number of aliphatic carboxylic acids is 1. The molecule has 0 amide bonds. The molecule has 1 aromatic heterocycles. The van der Waals surface area contributed by atoms with Crippen molar-refractivity contribution in [3.05, 3.63) is 70.8 Å². The number of likely N-dealkylation sites (tertiary alicyclic amines) is 1. The number of aromatic nitrogens is 3. The normalized spacial score (nSPS) is 16.2. The zero-order valence-electron chi connectivity index (χ0n) is 18.4. The van der Waals surface area contributed by atoms with E-state index in [2.05, 4.69) is 20.7 Å². The highest BCUT2D eigenvalue weighted by molar-refractivity contribution is 6.30. The lowest BCUT2D eigenvalue weighted by molar-refractivity contribution is -0.143. The molecule has 1 aliphatic rings. The molecule has 2 atom stereocenters. The van der Waals surface area contributed by atoms with Crippen molar-refractivity contribution in [1.29, 1.82) is 0 Å². The molecule has 2 aromatic carbocycles. The summed E-state index contributed by atoms with van der Waals surface area (Å²) < 4.78 is 27.4. The van der Waals surface area contributed by atoms with Gasteiger partial charge in [-0.2, -0.15) is 15.4 Å². The number of nitrogens with one attached hydrogen (secondary N) is 2. The van der Waals surface area contributed by atoms with Crippen LogP contribution in [0.25, 0.3) is 11.1 Å². The molecule has 4 rings (SSSR count). The number of carbonyl (C=O) groups is 1. The maximum Gasteiger partial charge on any atom is 0.307 e. The first kappa shape index (κ1) is 24.3. The maximum atomic E-state index is 14.2. The minimum Gasteiger partial charge on any atom is -0.481 e. The predicted octanol–water partition coefficient (Wildman–Crippen LogP) is 3.71. The summed E-state index contributed by atoms with van der Waals surface area (Å²) in [4.78, 5) is 13.7. The van der Waals surface area contributed by atoms with Crippen LogP contribution in [0.3, 0.4) is 0 Å². The number of carboxylic acid groups (broad SMARTS) is 1. The fourth-order valence-electron chi connectivity index (χ4n) is 4.19. The van der Waals surface area contributed by atoms with Gasteiger partial charge >= 0.3 is 5.97 Å². The lowest BCUT2D eigenvalue weighted by atomic mass is 9.92. The van der Waals surface area contributed by atoms with Crippen LogP contribution in [-0.2, 0) is 17.8 Å². The largest absolute Gasteiger partial charge is 0.481 e. The molecule has 7 nitrogen and oxygen atoms in total. The summed E-state index contributed by atoms with van der Waals surface area (Å²) in [7, 11) is 0. The lowest BCUT2D eigenvalue weighted by Gasteiger charge is -2.36. The molecule has 1 aliphatic heterocycles. The van der Waals surface area contributed by atoms with E-state index in [9.17, 15) is 18.7 Å². The molecule has 1 fully saturated rings. The number of hydrogen-bond acceptors (Lipinski definition) is 5. The van der Waals surface area contributed by atoms with Gasteiger partial charge in [-0.15, -0.1) is 0 Å². The van der Waals surface area contributed by atoms with E-state index in [1.165, 1.54) is 12.1 Å². The Balaban J connectivity index is 1.46. The van der Waals surface area contributed by atoms with Crippen molar-refractivity contribution < 1.29 is 18.7 Å². The Bertz CT molecular complexity index is 1090. The first-order valence-electron chi connectivity index (χ1n) is 11.1. The number of benzene rings is 2. The van der Waals surface area contributed by atoms with Crippen molar-refractivity contribution >= 4 is 17.6 Å². The van der Waals surface area contributed by atoms with E-state index in [4.69, 9.17) is 11.6 Å². The Morgan fingerprint density at radius 2 is 2.03 bits per heavy atom.